The van der Waals surface area contributed by atoms with Crippen LogP contribution in [0.25, 0.3) is 0 Å². The van der Waals surface area contributed by atoms with Crippen LogP contribution in [0.1, 0.15) is 12.8 Å². The highest BCUT2D eigenvalue weighted by Crippen LogP contribution is 2.18. The minimum absolute atomic E-state index is 0. The molecule has 0 saturated carbocycles. The number of nitrogen functional groups attached to an aromatic ring is 1. The average molecular weight is 257 g/mol. The van der Waals surface area contributed by atoms with Crippen LogP contribution in [-0.4, -0.2) is 31.6 Å². The quantitative estimate of drug-likeness (QED) is 0.845. The fraction of sp³-hybridized carbons (Fsp3) is 0.538. The molecule has 1 fully saturated rings. The molecule has 0 amide bonds. The van der Waals surface area contributed by atoms with Crippen LogP contribution in [-0.2, 0) is 0 Å². The summed E-state index contributed by atoms with van der Waals surface area (Å²) in [5.41, 5.74) is 6.40. The first-order valence-corrected chi connectivity index (χ1v) is 5.91. The van der Waals surface area contributed by atoms with Gasteiger partial charge < -0.3 is 15.4 Å². The summed E-state index contributed by atoms with van der Waals surface area (Å²) in [6, 6.07) is 7.62. The van der Waals surface area contributed by atoms with E-state index in [4.69, 9.17) is 10.5 Å². The molecule has 17 heavy (non-hydrogen) atoms. The number of ether oxygens (including phenoxy) is 1. The van der Waals surface area contributed by atoms with Crippen LogP contribution < -0.4 is 10.5 Å². The van der Waals surface area contributed by atoms with Gasteiger partial charge in [-0.1, -0.05) is 0 Å². The van der Waals surface area contributed by atoms with E-state index in [0.29, 0.717) is 5.92 Å². The molecule has 1 aliphatic rings. The Balaban J connectivity index is 0.00000144. The maximum absolute atomic E-state index is 5.77. The lowest BCUT2D eigenvalue weighted by molar-refractivity contribution is 0.150. The lowest BCUT2D eigenvalue weighted by Gasteiger charge is -2.29. The predicted molar refractivity (Wildman–Crippen MR) is 73.8 cm³/mol. The molecule has 4 heteroatoms. The van der Waals surface area contributed by atoms with Gasteiger partial charge in [0.1, 0.15) is 5.75 Å². The highest BCUT2D eigenvalue weighted by atomic mass is 35.5. The van der Waals surface area contributed by atoms with Gasteiger partial charge in [0.2, 0.25) is 0 Å². The van der Waals surface area contributed by atoms with Crippen LogP contribution in [0.4, 0.5) is 5.69 Å². The number of likely N-dealkylation sites (tertiary alicyclic amines) is 1. The highest BCUT2D eigenvalue weighted by molar-refractivity contribution is 5.85. The van der Waals surface area contributed by atoms with Crippen LogP contribution in [0, 0.1) is 5.92 Å². The zero-order valence-electron chi connectivity index (χ0n) is 10.3. The van der Waals surface area contributed by atoms with Crippen LogP contribution in [0.2, 0.25) is 0 Å². The third-order valence-electron chi connectivity index (χ3n) is 3.09. The predicted octanol–water partition coefficient (Wildman–Crippen LogP) is 2.41. The number of nitrogens with two attached hydrogens (primary N) is 1. The summed E-state index contributed by atoms with van der Waals surface area (Å²) >= 11 is 0. The van der Waals surface area contributed by atoms with E-state index >= 15 is 0 Å². The maximum atomic E-state index is 5.77. The lowest BCUT2D eigenvalue weighted by Crippen LogP contribution is -2.34. The summed E-state index contributed by atoms with van der Waals surface area (Å²) < 4.78 is 5.77. The first kappa shape index (κ1) is 14.1. The molecule has 0 aliphatic carbocycles. The Hall–Kier alpha value is -0.930. The van der Waals surface area contributed by atoms with Crippen molar-refractivity contribution < 1.29 is 4.74 Å². The van der Waals surface area contributed by atoms with Gasteiger partial charge in [-0.25, -0.2) is 0 Å². The van der Waals surface area contributed by atoms with Gasteiger partial charge >= 0.3 is 0 Å². The van der Waals surface area contributed by atoms with Crippen LogP contribution >= 0.6 is 12.4 Å². The topological polar surface area (TPSA) is 38.5 Å². The monoisotopic (exact) mass is 256 g/mol. The molecule has 3 nitrogen and oxygen atoms in total. The summed E-state index contributed by atoms with van der Waals surface area (Å²) in [6.07, 6.45) is 2.56. The molecule has 2 rings (SSSR count). The molecule has 2 N–H and O–H groups in total. The van der Waals surface area contributed by atoms with E-state index in [1.54, 1.807) is 0 Å². The molecule has 1 aromatic carbocycles. The van der Waals surface area contributed by atoms with E-state index in [0.717, 1.165) is 24.6 Å². The third-order valence-corrected chi connectivity index (χ3v) is 3.09. The Bertz CT molecular complexity index is 329. The van der Waals surface area contributed by atoms with Crippen molar-refractivity contribution in [3.05, 3.63) is 24.3 Å². The second-order valence-corrected chi connectivity index (χ2v) is 4.65. The van der Waals surface area contributed by atoms with E-state index in [2.05, 4.69) is 11.9 Å². The molecule has 0 aromatic heterocycles. The molecule has 1 atom stereocenters. The zero-order chi connectivity index (χ0) is 11.4. The molecule has 1 saturated heterocycles. The summed E-state index contributed by atoms with van der Waals surface area (Å²) in [7, 11) is 2.18. The fourth-order valence-corrected chi connectivity index (χ4v) is 2.19. The van der Waals surface area contributed by atoms with Crippen molar-refractivity contribution in [2.75, 3.05) is 32.5 Å². The number of hydrogen-bond acceptors (Lipinski definition) is 3. The number of benzene rings is 1. The van der Waals surface area contributed by atoms with Crippen molar-refractivity contribution in [1.29, 1.82) is 0 Å². The van der Waals surface area contributed by atoms with Crippen molar-refractivity contribution >= 4 is 18.1 Å². The summed E-state index contributed by atoms with van der Waals surface area (Å²) in [5, 5.41) is 0. The standard InChI is InChI=1S/C13H20N2O.ClH/c1-15-8-2-3-11(9-15)10-16-13-6-4-12(14)5-7-13;/h4-7,11H,2-3,8-10,14H2,1H3;1H. The molecular weight excluding hydrogens is 236 g/mol. The van der Waals surface area contributed by atoms with Gasteiger partial charge in [-0.15, -0.1) is 12.4 Å². The smallest absolute Gasteiger partial charge is 0.119 e. The van der Waals surface area contributed by atoms with Gasteiger partial charge in [0.05, 0.1) is 6.61 Å². The molecule has 0 radical (unpaired) electrons. The van der Waals surface area contributed by atoms with Crippen molar-refractivity contribution in [2.45, 2.75) is 12.8 Å². The Morgan fingerprint density at radius 3 is 2.71 bits per heavy atom. The van der Waals surface area contributed by atoms with Crippen molar-refractivity contribution in [2.24, 2.45) is 5.92 Å². The average Bonchev–Trinajstić information content (AvgIpc) is 2.28. The molecule has 1 aromatic rings. The van der Waals surface area contributed by atoms with E-state index in [1.807, 2.05) is 24.3 Å². The van der Waals surface area contributed by atoms with E-state index < -0.39 is 0 Å². The van der Waals surface area contributed by atoms with Gasteiger partial charge in [0.25, 0.3) is 0 Å². The second kappa shape index (κ2) is 6.72. The fourth-order valence-electron chi connectivity index (χ4n) is 2.19. The van der Waals surface area contributed by atoms with Crippen LogP contribution in [0.3, 0.4) is 0 Å². The summed E-state index contributed by atoms with van der Waals surface area (Å²) in [4.78, 5) is 2.38. The number of halogens is 1. The minimum atomic E-state index is 0. The summed E-state index contributed by atoms with van der Waals surface area (Å²) in [6.45, 7) is 3.18. The molecule has 0 spiro atoms. The number of rotatable bonds is 3. The lowest BCUT2D eigenvalue weighted by atomic mass is 10.00. The SMILES string of the molecule is CN1CCCC(COc2ccc(N)cc2)C1.Cl. The Morgan fingerprint density at radius 1 is 1.35 bits per heavy atom. The van der Waals surface area contributed by atoms with Crippen molar-refractivity contribution in [3.63, 3.8) is 0 Å². The summed E-state index contributed by atoms with van der Waals surface area (Å²) in [5.74, 6) is 1.58. The van der Waals surface area contributed by atoms with Crippen molar-refractivity contribution in [3.8, 4) is 5.75 Å². The molecular formula is C13H21ClN2O. The number of nitrogens with zero attached hydrogens (tertiary/aromatic N) is 1. The zero-order valence-corrected chi connectivity index (χ0v) is 11.1. The van der Waals surface area contributed by atoms with Crippen LogP contribution in [0.15, 0.2) is 24.3 Å². The molecule has 96 valence electrons. The molecule has 1 heterocycles. The minimum Gasteiger partial charge on any atom is -0.493 e. The van der Waals surface area contributed by atoms with Gasteiger partial charge in [0, 0.05) is 18.2 Å². The Morgan fingerprint density at radius 2 is 2.06 bits per heavy atom. The first-order valence-electron chi connectivity index (χ1n) is 5.91. The highest BCUT2D eigenvalue weighted by Gasteiger charge is 2.17. The van der Waals surface area contributed by atoms with Gasteiger partial charge in [0.15, 0.2) is 0 Å². The Kier molecular flexibility index (Phi) is 5.59. The number of piperidine rings is 1. The largest absolute Gasteiger partial charge is 0.493 e. The molecule has 1 unspecified atom stereocenters. The molecule has 1 aliphatic heterocycles. The number of hydrogen-bond donors (Lipinski definition) is 1. The Labute approximate surface area is 109 Å². The van der Waals surface area contributed by atoms with Gasteiger partial charge in [-0.05, 0) is 50.7 Å². The van der Waals surface area contributed by atoms with E-state index in [-0.39, 0.29) is 12.4 Å². The number of anilines is 1. The first-order chi connectivity index (χ1) is 7.74. The van der Waals surface area contributed by atoms with Crippen molar-refractivity contribution in [1.82, 2.24) is 4.90 Å². The molecule has 0 bridgehead atoms. The van der Waals surface area contributed by atoms with Crippen LogP contribution in [0.5, 0.6) is 5.75 Å². The maximum Gasteiger partial charge on any atom is 0.119 e. The van der Waals surface area contributed by atoms with Gasteiger partial charge in [-0.3, -0.25) is 0 Å². The second-order valence-electron chi connectivity index (χ2n) is 4.65. The van der Waals surface area contributed by atoms with E-state index in [9.17, 15) is 0 Å². The normalized spacial score (nSPS) is 20.6. The van der Waals surface area contributed by atoms with Gasteiger partial charge in [-0.2, -0.15) is 0 Å². The van der Waals surface area contributed by atoms with E-state index in [1.165, 1.54) is 19.4 Å². The third kappa shape index (κ3) is 4.44.